The van der Waals surface area contributed by atoms with Crippen molar-refractivity contribution in [2.45, 2.75) is 12.7 Å². The molecule has 2 amide bonds. The Hall–Kier alpha value is -2.29. The van der Waals surface area contributed by atoms with Crippen molar-refractivity contribution in [3.63, 3.8) is 0 Å². The molecule has 0 aliphatic carbocycles. The number of benzene rings is 1. The molecule has 2 N–H and O–H groups in total. The molecule has 1 heterocycles. The van der Waals surface area contributed by atoms with E-state index in [1.54, 1.807) is 6.20 Å². The molecule has 0 unspecified atom stereocenters. The summed E-state index contributed by atoms with van der Waals surface area (Å²) in [6.07, 6.45) is -1.35. The zero-order valence-electron chi connectivity index (χ0n) is 11.1. The SMILES string of the molecule is O=C(NCCn1ccnn1)Nc1ccc(C(F)(F)F)cc1Cl. The van der Waals surface area contributed by atoms with E-state index in [9.17, 15) is 18.0 Å². The number of amides is 2. The van der Waals surface area contributed by atoms with Crippen molar-refractivity contribution in [1.29, 1.82) is 0 Å². The Labute approximate surface area is 128 Å². The van der Waals surface area contributed by atoms with Crippen LogP contribution < -0.4 is 10.6 Å². The third kappa shape index (κ3) is 4.35. The summed E-state index contributed by atoms with van der Waals surface area (Å²) < 4.78 is 39.0. The van der Waals surface area contributed by atoms with Crippen molar-refractivity contribution < 1.29 is 18.0 Å². The molecule has 10 heteroatoms. The van der Waals surface area contributed by atoms with Gasteiger partial charge in [0.2, 0.25) is 0 Å². The third-order valence-corrected chi connectivity index (χ3v) is 2.96. The van der Waals surface area contributed by atoms with Crippen LogP contribution in [0.15, 0.2) is 30.6 Å². The minimum atomic E-state index is -4.48. The van der Waals surface area contributed by atoms with Gasteiger partial charge in [0.25, 0.3) is 0 Å². The molecule has 0 fully saturated rings. The maximum absolute atomic E-state index is 12.5. The largest absolute Gasteiger partial charge is 0.416 e. The second kappa shape index (κ2) is 6.65. The first-order valence-corrected chi connectivity index (χ1v) is 6.50. The Bertz CT molecular complexity index is 645. The molecule has 22 heavy (non-hydrogen) atoms. The van der Waals surface area contributed by atoms with E-state index in [4.69, 9.17) is 11.6 Å². The Kier molecular flexibility index (Phi) is 4.86. The molecule has 0 saturated heterocycles. The van der Waals surface area contributed by atoms with E-state index in [1.807, 2.05) is 0 Å². The second-order valence-corrected chi connectivity index (χ2v) is 4.65. The Morgan fingerprint density at radius 3 is 2.73 bits per heavy atom. The summed E-state index contributed by atoms with van der Waals surface area (Å²) in [4.78, 5) is 11.6. The highest BCUT2D eigenvalue weighted by Crippen LogP contribution is 2.33. The number of anilines is 1. The van der Waals surface area contributed by atoms with Gasteiger partial charge in [-0.05, 0) is 18.2 Å². The van der Waals surface area contributed by atoms with Crippen LogP contribution in [0.5, 0.6) is 0 Å². The molecular formula is C12H11ClF3N5O. The van der Waals surface area contributed by atoms with Gasteiger partial charge in [-0.15, -0.1) is 5.10 Å². The predicted molar refractivity (Wildman–Crippen MR) is 73.5 cm³/mol. The average molecular weight is 334 g/mol. The summed E-state index contributed by atoms with van der Waals surface area (Å²) in [6, 6.07) is 2.12. The van der Waals surface area contributed by atoms with Crippen LogP contribution in [-0.2, 0) is 12.7 Å². The first kappa shape index (κ1) is 16.1. The predicted octanol–water partition coefficient (Wildman–Crippen LogP) is 2.77. The fourth-order valence-electron chi connectivity index (χ4n) is 1.60. The number of aromatic nitrogens is 3. The maximum Gasteiger partial charge on any atom is 0.416 e. The van der Waals surface area contributed by atoms with Gasteiger partial charge in [-0.2, -0.15) is 13.2 Å². The van der Waals surface area contributed by atoms with Gasteiger partial charge < -0.3 is 10.6 Å². The summed E-state index contributed by atoms with van der Waals surface area (Å²) in [6.45, 7) is 0.682. The van der Waals surface area contributed by atoms with Crippen molar-refractivity contribution in [2.75, 3.05) is 11.9 Å². The molecule has 0 bridgehead atoms. The van der Waals surface area contributed by atoms with Gasteiger partial charge >= 0.3 is 12.2 Å². The Balaban J connectivity index is 1.88. The normalized spacial score (nSPS) is 11.3. The fraction of sp³-hybridized carbons (Fsp3) is 0.250. The molecule has 0 aliphatic rings. The summed E-state index contributed by atoms with van der Waals surface area (Å²) >= 11 is 5.73. The van der Waals surface area contributed by atoms with Crippen LogP contribution in [0, 0.1) is 0 Å². The molecule has 2 aromatic rings. The standard InChI is InChI=1S/C12H11ClF3N5O/c13-9-7-8(12(14,15)16)1-2-10(9)19-11(22)17-3-5-21-6-4-18-20-21/h1-2,4,6-7H,3,5H2,(H2,17,19,22). The Morgan fingerprint density at radius 2 is 2.14 bits per heavy atom. The average Bonchev–Trinajstić information content (AvgIpc) is 2.93. The van der Waals surface area contributed by atoms with E-state index in [0.29, 0.717) is 6.54 Å². The van der Waals surface area contributed by atoms with Crippen molar-refractivity contribution in [2.24, 2.45) is 0 Å². The zero-order chi connectivity index (χ0) is 16.2. The number of nitrogens with zero attached hydrogens (tertiary/aromatic N) is 3. The van der Waals surface area contributed by atoms with Crippen molar-refractivity contribution in [3.05, 3.63) is 41.2 Å². The number of urea groups is 1. The topological polar surface area (TPSA) is 71.8 Å². The molecule has 1 aromatic carbocycles. The van der Waals surface area contributed by atoms with Gasteiger partial charge in [0.15, 0.2) is 0 Å². The highest BCUT2D eigenvalue weighted by molar-refractivity contribution is 6.33. The molecule has 2 rings (SSSR count). The monoisotopic (exact) mass is 333 g/mol. The fourth-order valence-corrected chi connectivity index (χ4v) is 1.82. The van der Waals surface area contributed by atoms with Crippen LogP contribution >= 0.6 is 11.6 Å². The molecule has 0 spiro atoms. The van der Waals surface area contributed by atoms with E-state index >= 15 is 0 Å². The molecular weight excluding hydrogens is 323 g/mol. The molecule has 0 atom stereocenters. The van der Waals surface area contributed by atoms with Crippen molar-refractivity contribution >= 4 is 23.3 Å². The number of nitrogens with one attached hydrogen (secondary N) is 2. The number of alkyl halides is 3. The quantitative estimate of drug-likeness (QED) is 0.903. The number of rotatable bonds is 4. The summed E-state index contributed by atoms with van der Waals surface area (Å²) in [5.74, 6) is 0. The van der Waals surface area contributed by atoms with E-state index in [2.05, 4.69) is 20.9 Å². The summed E-state index contributed by atoms with van der Waals surface area (Å²) in [5.41, 5.74) is -0.789. The van der Waals surface area contributed by atoms with Gasteiger partial charge in [-0.1, -0.05) is 16.8 Å². The lowest BCUT2D eigenvalue weighted by Crippen LogP contribution is -2.31. The molecule has 6 nitrogen and oxygen atoms in total. The van der Waals surface area contributed by atoms with Crippen molar-refractivity contribution in [3.8, 4) is 0 Å². The van der Waals surface area contributed by atoms with Gasteiger partial charge in [0.05, 0.1) is 29.0 Å². The zero-order valence-corrected chi connectivity index (χ0v) is 11.8. The molecule has 0 aliphatic heterocycles. The Morgan fingerprint density at radius 1 is 1.36 bits per heavy atom. The third-order valence-electron chi connectivity index (χ3n) is 2.64. The lowest BCUT2D eigenvalue weighted by molar-refractivity contribution is -0.137. The minimum Gasteiger partial charge on any atom is -0.336 e. The number of carbonyl (C=O) groups is 1. The maximum atomic E-state index is 12.5. The first-order valence-electron chi connectivity index (χ1n) is 6.12. The first-order chi connectivity index (χ1) is 10.4. The van der Waals surface area contributed by atoms with Crippen molar-refractivity contribution in [1.82, 2.24) is 20.3 Å². The lowest BCUT2D eigenvalue weighted by atomic mass is 10.2. The highest BCUT2D eigenvalue weighted by atomic mass is 35.5. The smallest absolute Gasteiger partial charge is 0.336 e. The number of carbonyl (C=O) groups excluding carboxylic acids is 1. The highest BCUT2D eigenvalue weighted by Gasteiger charge is 2.30. The van der Waals surface area contributed by atoms with Crippen LogP contribution in [0.2, 0.25) is 5.02 Å². The van der Waals surface area contributed by atoms with Gasteiger partial charge in [0.1, 0.15) is 0 Å². The van der Waals surface area contributed by atoms with E-state index in [-0.39, 0.29) is 17.3 Å². The minimum absolute atomic E-state index is 0.0907. The van der Waals surface area contributed by atoms with Crippen LogP contribution in [0.4, 0.5) is 23.7 Å². The molecule has 1 aromatic heterocycles. The van der Waals surface area contributed by atoms with Gasteiger partial charge in [-0.25, -0.2) is 4.79 Å². The van der Waals surface area contributed by atoms with Crippen LogP contribution in [0.3, 0.4) is 0 Å². The van der Waals surface area contributed by atoms with Crippen LogP contribution in [-0.4, -0.2) is 27.6 Å². The summed E-state index contributed by atoms with van der Waals surface area (Å²) in [7, 11) is 0. The molecule has 118 valence electrons. The van der Waals surface area contributed by atoms with Crippen LogP contribution in [0.25, 0.3) is 0 Å². The van der Waals surface area contributed by atoms with Gasteiger partial charge in [0, 0.05) is 12.7 Å². The summed E-state index contributed by atoms with van der Waals surface area (Å²) in [5, 5.41) is 12.0. The number of hydrogen-bond donors (Lipinski definition) is 2. The van der Waals surface area contributed by atoms with Crippen LogP contribution in [0.1, 0.15) is 5.56 Å². The lowest BCUT2D eigenvalue weighted by Gasteiger charge is -2.11. The number of halogens is 4. The van der Waals surface area contributed by atoms with Gasteiger partial charge in [-0.3, -0.25) is 4.68 Å². The van der Waals surface area contributed by atoms with E-state index in [1.165, 1.54) is 10.9 Å². The molecule has 0 saturated carbocycles. The van der Waals surface area contributed by atoms with E-state index < -0.39 is 17.8 Å². The van der Waals surface area contributed by atoms with E-state index in [0.717, 1.165) is 18.2 Å². The molecule has 0 radical (unpaired) electrons. The number of hydrogen-bond acceptors (Lipinski definition) is 3. The second-order valence-electron chi connectivity index (χ2n) is 4.24.